The van der Waals surface area contributed by atoms with Gasteiger partial charge in [-0.3, -0.25) is 15.3 Å². The average Bonchev–Trinajstić information content (AvgIpc) is 3.34. The van der Waals surface area contributed by atoms with E-state index in [1.165, 1.54) is 0 Å². The third-order valence-corrected chi connectivity index (χ3v) is 5.63. The highest BCUT2D eigenvalue weighted by molar-refractivity contribution is 5.96. The van der Waals surface area contributed by atoms with Gasteiger partial charge in [0.15, 0.2) is 5.82 Å². The predicted molar refractivity (Wildman–Crippen MR) is 120 cm³/mol. The van der Waals surface area contributed by atoms with Crippen LogP contribution in [0.25, 0.3) is 10.8 Å². The number of urea groups is 1. The molecule has 8 heteroatoms. The number of carbonyl (C=O) groups excluding carboxylic acids is 2. The lowest BCUT2D eigenvalue weighted by Gasteiger charge is -2.17. The molecule has 1 aliphatic heterocycles. The molecule has 1 atom stereocenters. The second-order valence-corrected chi connectivity index (χ2v) is 7.92. The Kier molecular flexibility index (Phi) is 6.18. The van der Waals surface area contributed by atoms with E-state index in [-0.39, 0.29) is 17.9 Å². The molecular weight excluding hydrogens is 392 g/mol. The molecule has 0 fully saturated rings. The molecule has 1 unspecified atom stereocenters. The van der Waals surface area contributed by atoms with Crippen molar-refractivity contribution in [1.29, 1.82) is 0 Å². The summed E-state index contributed by atoms with van der Waals surface area (Å²) < 4.78 is 0. The first kappa shape index (κ1) is 20.9. The second-order valence-electron chi connectivity index (χ2n) is 7.92. The molecule has 0 saturated heterocycles. The Labute approximate surface area is 181 Å². The van der Waals surface area contributed by atoms with E-state index in [1.54, 1.807) is 5.01 Å². The minimum absolute atomic E-state index is 0.117. The monoisotopic (exact) mass is 420 g/mol. The van der Waals surface area contributed by atoms with Gasteiger partial charge < -0.3 is 10.6 Å². The number of fused-ring (bicyclic) bond motifs is 2. The molecule has 1 aromatic heterocycles. The summed E-state index contributed by atoms with van der Waals surface area (Å²) >= 11 is 0. The molecule has 0 saturated carbocycles. The van der Waals surface area contributed by atoms with Gasteiger partial charge in [-0.15, -0.1) is 0 Å². The minimum atomic E-state index is -0.322. The van der Waals surface area contributed by atoms with Crippen LogP contribution in [-0.4, -0.2) is 33.7 Å². The zero-order valence-electron chi connectivity index (χ0n) is 17.9. The van der Waals surface area contributed by atoms with E-state index in [0.29, 0.717) is 25.5 Å². The molecule has 0 spiro atoms. The largest absolute Gasteiger partial charge is 0.337 e. The first-order chi connectivity index (χ1) is 15.0. The Morgan fingerprint density at radius 3 is 2.77 bits per heavy atom. The molecule has 2 aromatic carbocycles. The van der Waals surface area contributed by atoms with E-state index >= 15 is 0 Å². The molecular formula is C23H28N6O2. The van der Waals surface area contributed by atoms with Gasteiger partial charge >= 0.3 is 6.03 Å². The van der Waals surface area contributed by atoms with Crippen molar-refractivity contribution in [3.63, 3.8) is 0 Å². The van der Waals surface area contributed by atoms with E-state index in [1.807, 2.05) is 37.3 Å². The topological polar surface area (TPSA) is 102 Å². The number of hydrazine groups is 1. The summed E-state index contributed by atoms with van der Waals surface area (Å²) in [6, 6.07) is 14.0. The fourth-order valence-electron chi connectivity index (χ4n) is 3.74. The summed E-state index contributed by atoms with van der Waals surface area (Å²) in [5.74, 6) is 0.0774. The Bertz CT molecular complexity index is 1090. The number of aromatic nitrogens is 2. The van der Waals surface area contributed by atoms with Gasteiger partial charge in [0, 0.05) is 18.7 Å². The number of anilines is 1. The van der Waals surface area contributed by atoms with Gasteiger partial charge in [0.05, 0.1) is 18.2 Å². The maximum atomic E-state index is 12.9. The first-order valence-corrected chi connectivity index (χ1v) is 10.7. The van der Waals surface area contributed by atoms with Gasteiger partial charge in [0.25, 0.3) is 0 Å². The number of hydrogen-bond acceptors (Lipinski definition) is 4. The number of nitrogens with zero attached hydrogens (tertiary/aromatic N) is 2. The molecule has 0 bridgehead atoms. The summed E-state index contributed by atoms with van der Waals surface area (Å²) in [6.45, 7) is 5.61. The minimum Gasteiger partial charge on any atom is -0.337 e. The molecule has 0 radical (unpaired) electrons. The SMILES string of the molecule is CCCCNC(=O)NN1Cc2[nH]nc(NC(=O)C(C)c3ccc4ccccc4c3)c2C1. The highest BCUT2D eigenvalue weighted by atomic mass is 16.2. The van der Waals surface area contributed by atoms with E-state index < -0.39 is 0 Å². The van der Waals surface area contributed by atoms with Crippen molar-refractivity contribution in [3.8, 4) is 0 Å². The molecule has 2 heterocycles. The van der Waals surface area contributed by atoms with Gasteiger partial charge in [-0.1, -0.05) is 55.8 Å². The van der Waals surface area contributed by atoms with Crippen molar-refractivity contribution < 1.29 is 9.59 Å². The van der Waals surface area contributed by atoms with Gasteiger partial charge in [-0.05, 0) is 29.7 Å². The van der Waals surface area contributed by atoms with E-state index in [9.17, 15) is 9.59 Å². The molecule has 31 heavy (non-hydrogen) atoms. The Morgan fingerprint density at radius 2 is 1.97 bits per heavy atom. The van der Waals surface area contributed by atoms with Crippen LogP contribution in [0.15, 0.2) is 42.5 Å². The number of rotatable bonds is 7. The van der Waals surface area contributed by atoms with Crippen molar-refractivity contribution >= 4 is 28.5 Å². The number of nitrogens with one attached hydrogen (secondary N) is 4. The van der Waals surface area contributed by atoms with Crippen LogP contribution in [0, 0.1) is 0 Å². The van der Waals surface area contributed by atoms with Crippen molar-refractivity contribution in [1.82, 2.24) is 25.9 Å². The van der Waals surface area contributed by atoms with Crippen LogP contribution in [0.5, 0.6) is 0 Å². The average molecular weight is 421 g/mol. The second kappa shape index (κ2) is 9.18. The van der Waals surface area contributed by atoms with Crippen LogP contribution in [0.1, 0.15) is 49.4 Å². The number of unbranched alkanes of at least 4 members (excludes halogenated alkanes) is 1. The lowest BCUT2D eigenvalue weighted by molar-refractivity contribution is -0.117. The Hall–Kier alpha value is -3.39. The number of H-pyrrole nitrogens is 1. The third kappa shape index (κ3) is 4.69. The normalized spacial score (nSPS) is 14.3. The van der Waals surface area contributed by atoms with E-state index in [4.69, 9.17) is 0 Å². The highest BCUT2D eigenvalue weighted by Gasteiger charge is 2.27. The number of hydrogen-bond donors (Lipinski definition) is 4. The van der Waals surface area contributed by atoms with Crippen LogP contribution in [0.2, 0.25) is 0 Å². The summed E-state index contributed by atoms with van der Waals surface area (Å²) in [7, 11) is 0. The highest BCUT2D eigenvalue weighted by Crippen LogP contribution is 2.28. The van der Waals surface area contributed by atoms with Gasteiger partial charge in [-0.25, -0.2) is 9.80 Å². The molecule has 4 N–H and O–H groups in total. The first-order valence-electron chi connectivity index (χ1n) is 10.7. The fraction of sp³-hybridized carbons (Fsp3) is 0.348. The fourth-order valence-corrected chi connectivity index (χ4v) is 3.74. The Morgan fingerprint density at radius 1 is 1.16 bits per heavy atom. The van der Waals surface area contributed by atoms with Crippen LogP contribution < -0.4 is 16.1 Å². The van der Waals surface area contributed by atoms with E-state index in [0.717, 1.165) is 40.4 Å². The molecule has 162 valence electrons. The number of carbonyl (C=O) groups is 2. The molecule has 0 aliphatic carbocycles. The lowest BCUT2D eigenvalue weighted by Crippen LogP contribution is -2.45. The smallest absolute Gasteiger partial charge is 0.329 e. The number of aromatic amines is 1. The molecule has 4 rings (SSSR count). The zero-order chi connectivity index (χ0) is 21.8. The molecule has 3 aromatic rings. The van der Waals surface area contributed by atoms with Gasteiger partial charge in [-0.2, -0.15) is 5.10 Å². The maximum Gasteiger partial charge on any atom is 0.329 e. The lowest BCUT2D eigenvalue weighted by atomic mass is 9.97. The zero-order valence-corrected chi connectivity index (χ0v) is 17.9. The number of amides is 3. The molecule has 8 nitrogen and oxygen atoms in total. The van der Waals surface area contributed by atoms with Crippen molar-refractivity contribution in [2.45, 2.75) is 45.7 Å². The van der Waals surface area contributed by atoms with Crippen LogP contribution >= 0.6 is 0 Å². The summed E-state index contributed by atoms with van der Waals surface area (Å²) in [5, 5.41) is 17.1. The van der Waals surface area contributed by atoms with Crippen LogP contribution in [0.3, 0.4) is 0 Å². The quantitative estimate of drug-likeness (QED) is 0.438. The van der Waals surface area contributed by atoms with Crippen molar-refractivity contribution in [3.05, 3.63) is 59.3 Å². The van der Waals surface area contributed by atoms with Crippen molar-refractivity contribution in [2.75, 3.05) is 11.9 Å². The molecule has 3 amide bonds. The number of benzene rings is 2. The van der Waals surface area contributed by atoms with Gasteiger partial charge in [0.2, 0.25) is 5.91 Å². The summed E-state index contributed by atoms with van der Waals surface area (Å²) in [5.41, 5.74) is 5.58. The van der Waals surface area contributed by atoms with Crippen molar-refractivity contribution in [2.24, 2.45) is 0 Å². The van der Waals surface area contributed by atoms with Crippen LogP contribution in [0.4, 0.5) is 10.6 Å². The molecule has 1 aliphatic rings. The van der Waals surface area contributed by atoms with Crippen LogP contribution in [-0.2, 0) is 17.9 Å². The third-order valence-electron chi connectivity index (χ3n) is 5.63. The predicted octanol–water partition coefficient (Wildman–Crippen LogP) is 3.64. The van der Waals surface area contributed by atoms with E-state index in [2.05, 4.69) is 45.3 Å². The summed E-state index contributed by atoms with van der Waals surface area (Å²) in [6.07, 6.45) is 1.98. The standard InChI is InChI=1S/C23H28N6O2/c1-3-4-11-24-23(31)28-29-13-19-20(14-29)26-27-21(19)25-22(30)15(2)17-10-9-16-7-5-6-8-18(16)12-17/h5-10,12,15H,3-4,11,13-14H2,1-2H3,(H2,24,28,31)(H2,25,26,27,30). The Balaban J connectivity index is 1.38. The van der Waals surface area contributed by atoms with Gasteiger partial charge in [0.1, 0.15) is 0 Å². The maximum absolute atomic E-state index is 12.9. The summed E-state index contributed by atoms with van der Waals surface area (Å²) in [4.78, 5) is 24.9.